The molecule has 4 rings (SSSR count). The molecule has 2 aromatic heterocycles. The van der Waals surface area contributed by atoms with E-state index in [2.05, 4.69) is 51.5 Å². The molecule has 164 valence electrons. The lowest BCUT2D eigenvalue weighted by Gasteiger charge is -2.26. The monoisotopic (exact) mass is 567 g/mol. The zero-order valence-electron chi connectivity index (χ0n) is 17.9. The van der Waals surface area contributed by atoms with Gasteiger partial charge in [-0.05, 0) is 67.0 Å². The Hall–Kier alpha value is -1.58. The maximum atomic E-state index is 13.4. The molecule has 0 bridgehead atoms. The van der Waals surface area contributed by atoms with Crippen molar-refractivity contribution in [3.05, 3.63) is 64.0 Å². The Morgan fingerprint density at radius 2 is 2.00 bits per heavy atom. The number of ether oxygens (including phenoxy) is 1. The molecule has 1 aromatic carbocycles. The van der Waals surface area contributed by atoms with Crippen LogP contribution in [0.5, 0.6) is 0 Å². The first-order chi connectivity index (χ1) is 14.6. The largest absolute Gasteiger partial charge is 0.459 e. The van der Waals surface area contributed by atoms with E-state index >= 15 is 0 Å². The normalized spacial score (nSPS) is 24.0. The zero-order valence-corrected chi connectivity index (χ0v) is 21.7. The number of aromatic nitrogens is 2. The molecule has 1 fully saturated rings. The van der Waals surface area contributed by atoms with Gasteiger partial charge in [-0.2, -0.15) is 5.10 Å². The first kappa shape index (κ1) is 22.6. The molecule has 0 radical (unpaired) electrons. The van der Waals surface area contributed by atoms with Crippen molar-refractivity contribution in [2.75, 3.05) is 0 Å². The van der Waals surface area contributed by atoms with Gasteiger partial charge in [-0.15, -0.1) is 27.5 Å². The summed E-state index contributed by atoms with van der Waals surface area (Å²) in [5.74, 6) is -0.146. The van der Waals surface area contributed by atoms with Gasteiger partial charge in [0.05, 0.1) is 14.0 Å². The Bertz CT molecular complexity index is 1170. The summed E-state index contributed by atoms with van der Waals surface area (Å²) >= 11 is 3.82. The second-order valence-electron chi connectivity index (χ2n) is 8.74. The Morgan fingerprint density at radius 1 is 1.29 bits per heavy atom. The first-order valence-electron chi connectivity index (χ1n) is 10.0. The fourth-order valence-corrected chi connectivity index (χ4v) is 6.97. The van der Waals surface area contributed by atoms with E-state index in [-0.39, 0.29) is 17.8 Å². The van der Waals surface area contributed by atoms with Crippen molar-refractivity contribution in [2.24, 2.45) is 5.92 Å². The number of nitrogens with one attached hydrogen (secondary N) is 1. The van der Waals surface area contributed by atoms with Crippen LogP contribution in [0.1, 0.15) is 39.2 Å². The van der Waals surface area contributed by atoms with E-state index in [0.717, 1.165) is 18.3 Å². The number of thiol groups is 1. The molecule has 0 saturated heterocycles. The Kier molecular flexibility index (Phi) is 6.13. The summed E-state index contributed by atoms with van der Waals surface area (Å²) in [4.78, 5) is 13.4. The third-order valence-corrected chi connectivity index (χ3v) is 8.93. The topological polar surface area (TPSA) is 56.1 Å². The van der Waals surface area contributed by atoms with Crippen LogP contribution >= 0.6 is 44.4 Å². The van der Waals surface area contributed by atoms with Crippen LogP contribution < -0.4 is 4.72 Å². The third-order valence-electron chi connectivity index (χ3n) is 5.39. The second kappa shape index (κ2) is 8.41. The molecular formula is C23H26IN3O2S2. The van der Waals surface area contributed by atoms with Crippen molar-refractivity contribution in [1.82, 2.24) is 14.5 Å². The second-order valence-corrected chi connectivity index (χ2v) is 12.8. The van der Waals surface area contributed by atoms with Gasteiger partial charge in [0.1, 0.15) is 16.1 Å². The van der Waals surface area contributed by atoms with Gasteiger partial charge < -0.3 is 4.74 Å². The highest BCUT2D eigenvalue weighted by Crippen LogP contribution is 2.60. The van der Waals surface area contributed by atoms with Crippen molar-refractivity contribution in [3.63, 3.8) is 0 Å². The molecule has 4 atom stereocenters. The van der Waals surface area contributed by atoms with Crippen LogP contribution in [-0.4, -0.2) is 26.9 Å². The number of nitrogens with zero attached hydrogens (tertiary/aromatic N) is 2. The first-order valence-corrected chi connectivity index (χ1v) is 13.3. The van der Waals surface area contributed by atoms with Gasteiger partial charge in [-0.25, -0.2) is 9.48 Å². The zero-order chi connectivity index (χ0) is 22.4. The average Bonchev–Trinajstić information content (AvgIpc) is 3.09. The summed E-state index contributed by atoms with van der Waals surface area (Å²) in [7, 11) is -1.26. The molecule has 2 unspecified atom stereocenters. The smallest absolute Gasteiger partial charge is 0.328 e. The van der Waals surface area contributed by atoms with Gasteiger partial charge in [0.2, 0.25) is 0 Å². The van der Waals surface area contributed by atoms with Crippen molar-refractivity contribution in [1.29, 1.82) is 0 Å². The van der Waals surface area contributed by atoms with Gasteiger partial charge in [0, 0.05) is 12.1 Å². The molecule has 2 heterocycles. The number of hydrogen-bond donors (Lipinski definition) is 2. The molecule has 1 aliphatic carbocycles. The Morgan fingerprint density at radius 3 is 2.61 bits per heavy atom. The number of rotatable bonds is 4. The van der Waals surface area contributed by atoms with Gasteiger partial charge in [-0.1, -0.05) is 37.3 Å². The summed E-state index contributed by atoms with van der Waals surface area (Å²) in [5, 5.41) is 5.36. The molecule has 31 heavy (non-hydrogen) atoms. The number of carbonyl (C=O) groups excluding carboxylic acids is 1. The lowest BCUT2D eigenvalue weighted by Crippen LogP contribution is -2.43. The minimum absolute atomic E-state index is 0.0178. The van der Waals surface area contributed by atoms with E-state index in [0.29, 0.717) is 0 Å². The minimum Gasteiger partial charge on any atom is -0.459 e. The van der Waals surface area contributed by atoms with Crippen LogP contribution in [0.4, 0.5) is 0 Å². The molecule has 3 aromatic rings. The van der Waals surface area contributed by atoms with Crippen LogP contribution in [0.3, 0.4) is 0 Å². The highest BCUT2D eigenvalue weighted by molar-refractivity contribution is 14.1. The molecule has 0 aliphatic heterocycles. The number of halogens is 1. The van der Waals surface area contributed by atoms with Crippen LogP contribution in [0, 0.1) is 15.2 Å². The van der Waals surface area contributed by atoms with Crippen LogP contribution in [0.2, 0.25) is 0 Å². The van der Waals surface area contributed by atoms with E-state index in [4.69, 9.17) is 10.4 Å². The summed E-state index contributed by atoms with van der Waals surface area (Å²) < 4.78 is 13.3. The van der Waals surface area contributed by atoms with E-state index in [1.165, 1.54) is 0 Å². The highest BCUT2D eigenvalue weighted by atomic mass is 127. The molecule has 0 spiro atoms. The van der Waals surface area contributed by atoms with E-state index in [9.17, 15) is 4.79 Å². The predicted molar refractivity (Wildman–Crippen MR) is 136 cm³/mol. The summed E-state index contributed by atoms with van der Waals surface area (Å²) in [6, 6.07) is 14.1. The van der Waals surface area contributed by atoms with Crippen LogP contribution in [-0.2, 0) is 9.53 Å². The van der Waals surface area contributed by atoms with Crippen molar-refractivity contribution in [3.8, 4) is 10.7 Å². The maximum Gasteiger partial charge on any atom is 0.328 e. The van der Waals surface area contributed by atoms with Crippen LogP contribution in [0.25, 0.3) is 5.00 Å². The van der Waals surface area contributed by atoms with Crippen LogP contribution in [0.15, 0.2) is 59.1 Å². The maximum absolute atomic E-state index is 13.4. The molecule has 1 N–H and O–H groups in total. The lowest BCUT2D eigenvalue weighted by atomic mass is 10.1. The van der Waals surface area contributed by atoms with Gasteiger partial charge in [0.15, 0.2) is 0 Å². The summed E-state index contributed by atoms with van der Waals surface area (Å²) in [6.07, 6.45) is 3.79. The molecule has 1 aliphatic rings. The predicted octanol–water partition coefficient (Wildman–Crippen LogP) is 5.51. The quantitative estimate of drug-likeness (QED) is 0.248. The number of carbonyl (C=O) groups is 1. The fourth-order valence-electron chi connectivity index (χ4n) is 3.91. The number of benzene rings is 1. The van der Waals surface area contributed by atoms with Gasteiger partial charge >= 0.3 is 5.97 Å². The lowest BCUT2D eigenvalue weighted by molar-refractivity contribution is -0.158. The standard InChI is InChI=1S/C23H26IN3O2S2/c1-15-20(16-9-7-6-8-10-16)23(15,21(28)29-22(2,3)4)26-31(5)19-12-11-18(30-19)27-14-17(24)13-25-27/h5-15,20,26,31H,1-4H3/t15?,20-,23+/m1/s1. The Balaban J connectivity index is 1.62. The average molecular weight is 568 g/mol. The third kappa shape index (κ3) is 4.50. The van der Waals surface area contributed by atoms with Gasteiger partial charge in [-0.3, -0.25) is 4.72 Å². The van der Waals surface area contributed by atoms with Gasteiger partial charge in [0.25, 0.3) is 0 Å². The van der Waals surface area contributed by atoms with E-state index < -0.39 is 21.6 Å². The Labute approximate surface area is 203 Å². The molecule has 5 nitrogen and oxygen atoms in total. The summed E-state index contributed by atoms with van der Waals surface area (Å²) in [5.41, 5.74) is 6.36. The number of hydrogen-bond acceptors (Lipinski definition) is 5. The fraction of sp³-hybridized carbons (Fsp3) is 0.348. The molecular weight excluding hydrogens is 541 g/mol. The van der Waals surface area contributed by atoms with E-state index in [1.807, 2.05) is 68.2 Å². The van der Waals surface area contributed by atoms with Crippen molar-refractivity contribution < 1.29 is 9.53 Å². The molecule has 1 saturated carbocycles. The number of esters is 1. The summed E-state index contributed by atoms with van der Waals surface area (Å²) in [6.45, 7) is 7.77. The molecule has 8 heteroatoms. The van der Waals surface area contributed by atoms with E-state index in [1.54, 1.807) is 11.3 Å². The number of thiophene rings is 1. The highest BCUT2D eigenvalue weighted by Gasteiger charge is 2.69. The van der Waals surface area contributed by atoms with Crippen molar-refractivity contribution in [2.45, 2.75) is 49.0 Å². The van der Waals surface area contributed by atoms with Crippen molar-refractivity contribution >= 4 is 50.4 Å². The molecule has 0 amide bonds. The minimum atomic E-state index is -1.26. The SMILES string of the molecule is C#[SH](N[C@@]1(C(=O)OC(C)(C)C)C(C)[C@@H]1c1ccccc1)c1ccc(-n2cc(I)cn2)s1.